The zero-order valence-corrected chi connectivity index (χ0v) is 10.9. The molecule has 2 aliphatic heterocycles. The number of nitrogens with zero attached hydrogens (tertiary/aromatic N) is 1. The van der Waals surface area contributed by atoms with Crippen LogP contribution in [0.1, 0.15) is 12.8 Å². The van der Waals surface area contributed by atoms with E-state index in [-0.39, 0.29) is 31.2 Å². The van der Waals surface area contributed by atoms with Crippen LogP contribution in [0.25, 0.3) is 0 Å². The molecule has 8 heteroatoms. The molecule has 0 atom stereocenters. The molecule has 0 bridgehead atoms. The number of hydrogen-bond donors (Lipinski definition) is 3. The fourth-order valence-corrected chi connectivity index (χ4v) is 2.02. The fourth-order valence-electron chi connectivity index (χ4n) is 2.02. The van der Waals surface area contributed by atoms with E-state index in [1.54, 1.807) is 6.08 Å². The lowest BCUT2D eigenvalue weighted by Gasteiger charge is -2.28. The van der Waals surface area contributed by atoms with Crippen LogP contribution in [0.15, 0.2) is 11.8 Å². The van der Waals surface area contributed by atoms with Crippen molar-refractivity contribution in [3.8, 4) is 0 Å². The average molecular weight is 280 g/mol. The Balaban J connectivity index is 2.17. The summed E-state index contributed by atoms with van der Waals surface area (Å²) in [6, 6.07) is 0. The first-order chi connectivity index (χ1) is 9.58. The van der Waals surface area contributed by atoms with Crippen LogP contribution in [-0.2, 0) is 19.2 Å². The molecule has 8 nitrogen and oxygen atoms in total. The van der Waals surface area contributed by atoms with Crippen molar-refractivity contribution < 1.29 is 19.2 Å². The highest BCUT2D eigenvalue weighted by molar-refractivity contribution is 6.00. The molecule has 2 heterocycles. The van der Waals surface area contributed by atoms with Crippen LogP contribution in [-0.4, -0.2) is 54.7 Å². The van der Waals surface area contributed by atoms with Gasteiger partial charge in [0.15, 0.2) is 0 Å². The van der Waals surface area contributed by atoms with Crippen LogP contribution < -0.4 is 16.0 Å². The van der Waals surface area contributed by atoms with Crippen LogP contribution in [0.3, 0.4) is 0 Å². The van der Waals surface area contributed by atoms with Gasteiger partial charge in [-0.1, -0.05) is 6.08 Å². The summed E-state index contributed by atoms with van der Waals surface area (Å²) in [5.41, 5.74) is 0.240. The molecule has 0 aromatic carbocycles. The maximum absolute atomic E-state index is 12.0. The van der Waals surface area contributed by atoms with Gasteiger partial charge in [-0.3, -0.25) is 19.2 Å². The van der Waals surface area contributed by atoms with E-state index in [0.717, 1.165) is 6.42 Å². The lowest BCUT2D eigenvalue weighted by molar-refractivity contribution is -0.134. The Morgan fingerprint density at radius 3 is 2.30 bits per heavy atom. The Labute approximate surface area is 115 Å². The number of carbonyl (C=O) groups is 4. The number of allylic oxidation sites excluding steroid dienone is 1. The van der Waals surface area contributed by atoms with Crippen molar-refractivity contribution in [2.45, 2.75) is 12.8 Å². The van der Waals surface area contributed by atoms with E-state index in [1.165, 1.54) is 4.90 Å². The summed E-state index contributed by atoms with van der Waals surface area (Å²) in [7, 11) is 0. The Morgan fingerprint density at radius 1 is 0.900 bits per heavy atom. The number of fused-ring (bicyclic) bond motifs is 1. The molecule has 0 aromatic rings. The van der Waals surface area contributed by atoms with E-state index >= 15 is 0 Å². The second kappa shape index (κ2) is 6.18. The summed E-state index contributed by atoms with van der Waals surface area (Å²) in [5, 5.41) is 7.20. The molecule has 20 heavy (non-hydrogen) atoms. The quantitative estimate of drug-likeness (QED) is 0.470. The largest absolute Gasteiger partial charge is 0.346 e. The molecule has 4 amide bonds. The van der Waals surface area contributed by atoms with Gasteiger partial charge in [-0.05, 0) is 12.8 Å². The highest BCUT2D eigenvalue weighted by Gasteiger charge is 2.26. The molecule has 2 rings (SSSR count). The van der Waals surface area contributed by atoms with Crippen LogP contribution in [0.2, 0.25) is 0 Å². The molecular formula is C12H16N4O4. The van der Waals surface area contributed by atoms with Gasteiger partial charge >= 0.3 is 0 Å². The summed E-state index contributed by atoms with van der Waals surface area (Å²) in [6.45, 7) is -0.213. The normalized spacial score (nSPS) is 21.6. The molecule has 0 unspecified atom stereocenters. The molecule has 1 fully saturated rings. The average Bonchev–Trinajstić information content (AvgIpc) is 2.47. The van der Waals surface area contributed by atoms with Crippen molar-refractivity contribution in [1.82, 2.24) is 20.9 Å². The summed E-state index contributed by atoms with van der Waals surface area (Å²) in [5.74, 6) is -1.70. The van der Waals surface area contributed by atoms with Crippen LogP contribution in [0.5, 0.6) is 0 Å². The number of carbonyl (C=O) groups excluding carboxylic acids is 4. The highest BCUT2D eigenvalue weighted by Crippen LogP contribution is 2.15. The van der Waals surface area contributed by atoms with Gasteiger partial charge in [0.2, 0.25) is 17.7 Å². The number of rotatable bonds is 0. The van der Waals surface area contributed by atoms with Gasteiger partial charge in [-0.15, -0.1) is 0 Å². The van der Waals surface area contributed by atoms with E-state index < -0.39 is 17.7 Å². The minimum absolute atomic E-state index is 0.195. The van der Waals surface area contributed by atoms with Gasteiger partial charge in [0.25, 0.3) is 5.91 Å². The number of amides is 4. The number of nitrogens with one attached hydrogen (secondary N) is 3. The maximum Gasteiger partial charge on any atom is 0.268 e. The van der Waals surface area contributed by atoms with E-state index in [2.05, 4.69) is 16.0 Å². The molecule has 108 valence electrons. The first kappa shape index (κ1) is 14.0. The SMILES string of the molecule is O=C1CNC(=O)CNC(=O)C2=CCCCN2C(=O)CN1. The molecule has 0 aliphatic carbocycles. The summed E-state index contributed by atoms with van der Waals surface area (Å²) >= 11 is 0. The minimum Gasteiger partial charge on any atom is -0.346 e. The Kier molecular flexibility index (Phi) is 4.34. The minimum atomic E-state index is -0.458. The molecule has 0 radical (unpaired) electrons. The van der Waals surface area contributed by atoms with Crippen LogP contribution in [0.4, 0.5) is 0 Å². The van der Waals surface area contributed by atoms with Crippen molar-refractivity contribution in [2.75, 3.05) is 26.2 Å². The molecule has 2 aliphatic rings. The van der Waals surface area contributed by atoms with Crippen molar-refractivity contribution in [2.24, 2.45) is 0 Å². The van der Waals surface area contributed by atoms with Gasteiger partial charge in [0.1, 0.15) is 5.70 Å². The second-order valence-electron chi connectivity index (χ2n) is 4.51. The Hall–Kier alpha value is -2.38. The van der Waals surface area contributed by atoms with Crippen molar-refractivity contribution in [1.29, 1.82) is 0 Å². The van der Waals surface area contributed by atoms with Crippen LogP contribution in [0, 0.1) is 0 Å². The molecule has 0 spiro atoms. The molecule has 3 N–H and O–H groups in total. The summed E-state index contributed by atoms with van der Waals surface area (Å²) < 4.78 is 0. The standard InChI is InChI=1S/C12H16N4O4/c17-9-5-13-10(18)6-15-12(20)8-3-1-2-4-16(8)11(19)7-14-9/h3H,1-2,4-7H2,(H,13,18)(H,14,17)(H,15,20). The molecule has 0 aromatic heterocycles. The second-order valence-corrected chi connectivity index (χ2v) is 4.51. The van der Waals surface area contributed by atoms with Crippen molar-refractivity contribution in [3.05, 3.63) is 11.8 Å². The van der Waals surface area contributed by atoms with Gasteiger partial charge in [0, 0.05) is 6.54 Å². The van der Waals surface area contributed by atoms with Crippen molar-refractivity contribution >= 4 is 23.6 Å². The first-order valence-electron chi connectivity index (χ1n) is 6.40. The Bertz CT molecular complexity index is 486. The molecular weight excluding hydrogens is 264 g/mol. The third kappa shape index (κ3) is 3.34. The van der Waals surface area contributed by atoms with Gasteiger partial charge < -0.3 is 20.9 Å². The van der Waals surface area contributed by atoms with Gasteiger partial charge in [-0.25, -0.2) is 0 Å². The van der Waals surface area contributed by atoms with Crippen molar-refractivity contribution in [3.63, 3.8) is 0 Å². The molecule has 1 saturated heterocycles. The van der Waals surface area contributed by atoms with E-state index in [1.807, 2.05) is 0 Å². The van der Waals surface area contributed by atoms with E-state index in [4.69, 9.17) is 0 Å². The summed E-state index contributed by atoms with van der Waals surface area (Å²) in [4.78, 5) is 48.2. The first-order valence-corrected chi connectivity index (χ1v) is 6.40. The monoisotopic (exact) mass is 280 g/mol. The van der Waals surface area contributed by atoms with Gasteiger partial charge in [-0.2, -0.15) is 0 Å². The zero-order chi connectivity index (χ0) is 14.5. The predicted octanol–water partition coefficient (Wildman–Crippen LogP) is -2.15. The predicted molar refractivity (Wildman–Crippen MR) is 68.1 cm³/mol. The lowest BCUT2D eigenvalue weighted by atomic mass is 10.1. The lowest BCUT2D eigenvalue weighted by Crippen LogP contribution is -2.49. The molecule has 0 saturated carbocycles. The Morgan fingerprint density at radius 2 is 1.55 bits per heavy atom. The van der Waals surface area contributed by atoms with E-state index in [0.29, 0.717) is 13.0 Å². The van der Waals surface area contributed by atoms with Gasteiger partial charge in [0.05, 0.1) is 19.6 Å². The zero-order valence-electron chi connectivity index (χ0n) is 10.9. The highest BCUT2D eigenvalue weighted by atomic mass is 16.2. The summed E-state index contributed by atoms with van der Waals surface area (Å²) in [6.07, 6.45) is 3.13. The maximum atomic E-state index is 12.0. The van der Waals surface area contributed by atoms with E-state index in [9.17, 15) is 19.2 Å². The topological polar surface area (TPSA) is 108 Å². The smallest absolute Gasteiger partial charge is 0.268 e. The number of hydrogen-bond acceptors (Lipinski definition) is 4. The third-order valence-electron chi connectivity index (χ3n) is 3.04. The third-order valence-corrected chi connectivity index (χ3v) is 3.04. The van der Waals surface area contributed by atoms with Crippen LogP contribution >= 0.6 is 0 Å². The fraction of sp³-hybridized carbons (Fsp3) is 0.500.